The van der Waals surface area contributed by atoms with E-state index in [1.54, 1.807) is 0 Å². The van der Waals surface area contributed by atoms with Crippen molar-refractivity contribution in [1.82, 2.24) is 23.8 Å². The molecule has 39 heavy (non-hydrogen) atoms. The minimum Gasteiger partial charge on any atom is -0.457 e. The minimum atomic E-state index is 0.0607. The van der Waals surface area contributed by atoms with Gasteiger partial charge >= 0.3 is 0 Å². The second kappa shape index (κ2) is 7.77. The maximum Gasteiger partial charge on any atom is 0.146 e. The first kappa shape index (κ1) is 22.1. The van der Waals surface area contributed by atoms with E-state index in [4.69, 9.17) is 9.72 Å². The molecule has 6 nitrogen and oxygen atoms in total. The van der Waals surface area contributed by atoms with E-state index in [9.17, 15) is 0 Å². The summed E-state index contributed by atoms with van der Waals surface area (Å²) in [5.41, 5.74) is 5.19. The van der Waals surface area contributed by atoms with Gasteiger partial charge in [-0.1, -0.05) is 26.8 Å². The molecule has 0 saturated carbocycles. The van der Waals surface area contributed by atoms with E-state index >= 15 is 0 Å². The molecule has 0 N–H and O–H groups in total. The first-order chi connectivity index (χ1) is 19.0. The van der Waals surface area contributed by atoms with Crippen molar-refractivity contribution in [2.45, 2.75) is 26.2 Å². The predicted octanol–water partition coefficient (Wildman–Crippen LogP) is 8.08. The van der Waals surface area contributed by atoms with Crippen LogP contribution in [0.4, 0.5) is 0 Å². The fourth-order valence-corrected chi connectivity index (χ4v) is 5.75. The molecule has 0 aliphatic carbocycles. The third-order valence-corrected chi connectivity index (χ3v) is 7.70. The highest BCUT2D eigenvalue weighted by atomic mass is 16.5. The molecule has 8 aromatic rings. The van der Waals surface area contributed by atoms with Crippen LogP contribution < -0.4 is 4.74 Å². The summed E-state index contributed by atoms with van der Waals surface area (Å²) >= 11 is 0. The van der Waals surface area contributed by atoms with Crippen molar-refractivity contribution in [3.05, 3.63) is 103 Å². The molecule has 0 aliphatic heterocycles. The Kier molecular flexibility index (Phi) is 4.39. The van der Waals surface area contributed by atoms with Gasteiger partial charge in [0.25, 0.3) is 0 Å². The largest absolute Gasteiger partial charge is 0.457 e. The number of hydrogen-bond donors (Lipinski definition) is 0. The van der Waals surface area contributed by atoms with Crippen LogP contribution in [0, 0.1) is 0 Å². The molecule has 0 aliphatic rings. The number of imidazole rings is 2. The van der Waals surface area contributed by atoms with Gasteiger partial charge in [0, 0.05) is 52.5 Å². The minimum absolute atomic E-state index is 0.0607. The third kappa shape index (κ3) is 3.24. The van der Waals surface area contributed by atoms with E-state index in [0.29, 0.717) is 0 Å². The second-order valence-corrected chi connectivity index (χ2v) is 11.1. The summed E-state index contributed by atoms with van der Waals surface area (Å²) < 4.78 is 10.7. The zero-order valence-electron chi connectivity index (χ0n) is 21.9. The molecule has 5 heterocycles. The van der Waals surface area contributed by atoms with Gasteiger partial charge in [0.2, 0.25) is 0 Å². The normalized spacial score (nSPS) is 12.5. The Morgan fingerprint density at radius 3 is 1.90 bits per heavy atom. The predicted molar refractivity (Wildman–Crippen MR) is 157 cm³/mol. The van der Waals surface area contributed by atoms with Crippen LogP contribution in [0.15, 0.2) is 97.7 Å². The lowest BCUT2D eigenvalue weighted by Crippen LogP contribution is -2.10. The van der Waals surface area contributed by atoms with E-state index in [1.165, 1.54) is 16.3 Å². The fourth-order valence-electron chi connectivity index (χ4n) is 5.75. The summed E-state index contributed by atoms with van der Waals surface area (Å²) in [5.74, 6) is 1.52. The van der Waals surface area contributed by atoms with Crippen LogP contribution in [0.2, 0.25) is 0 Å². The number of aromatic nitrogens is 5. The topological polar surface area (TPSA) is 56.7 Å². The molecule has 6 heteroatoms. The Balaban J connectivity index is 1.30. The van der Waals surface area contributed by atoms with Gasteiger partial charge in [0.05, 0.1) is 5.52 Å². The highest BCUT2D eigenvalue weighted by molar-refractivity contribution is 6.13. The molecule has 5 aromatic heterocycles. The summed E-state index contributed by atoms with van der Waals surface area (Å²) in [4.78, 5) is 13.9. The Bertz CT molecular complexity index is 2250. The van der Waals surface area contributed by atoms with Gasteiger partial charge in [0.15, 0.2) is 0 Å². The van der Waals surface area contributed by atoms with E-state index in [1.807, 2.05) is 53.6 Å². The van der Waals surface area contributed by atoms with E-state index in [-0.39, 0.29) is 5.41 Å². The molecule has 0 unspecified atom stereocenters. The van der Waals surface area contributed by atoms with Crippen LogP contribution >= 0.6 is 0 Å². The molecule has 0 saturated heterocycles. The maximum absolute atomic E-state index is 6.46. The smallest absolute Gasteiger partial charge is 0.146 e. The maximum atomic E-state index is 6.46. The van der Waals surface area contributed by atoms with Gasteiger partial charge < -0.3 is 4.74 Å². The van der Waals surface area contributed by atoms with Gasteiger partial charge in [-0.05, 0) is 82.4 Å². The van der Waals surface area contributed by atoms with Crippen LogP contribution in [-0.4, -0.2) is 23.8 Å². The second-order valence-electron chi connectivity index (χ2n) is 11.1. The van der Waals surface area contributed by atoms with Gasteiger partial charge in [-0.25, -0.2) is 15.0 Å². The molecule has 0 spiro atoms. The number of hydrogen-bond acceptors (Lipinski definition) is 4. The summed E-state index contributed by atoms with van der Waals surface area (Å²) in [6.45, 7) is 6.74. The SMILES string of the molecule is CC(C)(C)c1ccc2c(c1)c1ccc(Oc3ccc4c5cccnc5n5ccnc5c4c3)cc1c1nccn21. The standard InChI is InChI=1S/C33H25N5O/c1-33(2,3)20-6-11-29-26(17-20)24-10-8-22(19-28(24)31-35-13-15-37(29)31)39-21-7-9-23-25-5-4-12-34-30(25)38-16-14-36-32(38)27(23)18-21/h4-19H,1-3H3. The van der Waals surface area contributed by atoms with Crippen LogP contribution in [0.3, 0.4) is 0 Å². The number of nitrogens with zero attached hydrogens (tertiary/aromatic N) is 5. The van der Waals surface area contributed by atoms with Crippen molar-refractivity contribution >= 4 is 54.8 Å². The molecule has 0 fully saturated rings. The molecule has 3 aromatic carbocycles. The van der Waals surface area contributed by atoms with Gasteiger partial charge in [0.1, 0.15) is 28.4 Å². The van der Waals surface area contributed by atoms with E-state index in [0.717, 1.165) is 55.5 Å². The van der Waals surface area contributed by atoms with Gasteiger partial charge in [-0.3, -0.25) is 8.80 Å². The molecular formula is C33H25N5O. The van der Waals surface area contributed by atoms with Gasteiger partial charge in [-0.2, -0.15) is 0 Å². The van der Waals surface area contributed by atoms with Crippen LogP contribution in [0.5, 0.6) is 11.5 Å². The summed E-state index contributed by atoms with van der Waals surface area (Å²) in [5, 5.41) is 6.64. The van der Waals surface area contributed by atoms with Gasteiger partial charge in [-0.15, -0.1) is 0 Å². The lowest BCUT2D eigenvalue weighted by atomic mass is 9.86. The van der Waals surface area contributed by atoms with Crippen molar-refractivity contribution in [3.63, 3.8) is 0 Å². The highest BCUT2D eigenvalue weighted by Gasteiger charge is 2.17. The number of ether oxygens (including phenoxy) is 1. The van der Waals surface area contributed by atoms with Crippen LogP contribution in [0.1, 0.15) is 26.3 Å². The zero-order valence-corrected chi connectivity index (χ0v) is 21.9. The average Bonchev–Trinajstić information content (AvgIpc) is 3.63. The van der Waals surface area contributed by atoms with Crippen molar-refractivity contribution in [3.8, 4) is 11.5 Å². The first-order valence-electron chi connectivity index (χ1n) is 13.1. The Labute approximate surface area is 224 Å². The summed E-state index contributed by atoms with van der Waals surface area (Å²) in [7, 11) is 0. The van der Waals surface area contributed by atoms with E-state index < -0.39 is 0 Å². The lowest BCUT2D eigenvalue weighted by Gasteiger charge is -2.20. The molecule has 0 radical (unpaired) electrons. The number of benzene rings is 3. The summed E-state index contributed by atoms with van der Waals surface area (Å²) in [6.07, 6.45) is 9.46. The molecule has 0 atom stereocenters. The fraction of sp³-hybridized carbons (Fsp3) is 0.121. The van der Waals surface area contributed by atoms with Crippen molar-refractivity contribution < 1.29 is 4.74 Å². The number of rotatable bonds is 2. The molecular weight excluding hydrogens is 482 g/mol. The average molecular weight is 508 g/mol. The monoisotopic (exact) mass is 507 g/mol. The first-order valence-corrected chi connectivity index (χ1v) is 13.1. The molecule has 0 amide bonds. The lowest BCUT2D eigenvalue weighted by molar-refractivity contribution is 0.484. The Morgan fingerprint density at radius 2 is 1.18 bits per heavy atom. The Morgan fingerprint density at radius 1 is 0.564 bits per heavy atom. The van der Waals surface area contributed by atoms with E-state index in [2.05, 4.69) is 83.7 Å². The molecule has 8 rings (SSSR count). The third-order valence-electron chi connectivity index (χ3n) is 7.70. The van der Waals surface area contributed by atoms with Crippen molar-refractivity contribution in [2.24, 2.45) is 0 Å². The highest BCUT2D eigenvalue weighted by Crippen LogP contribution is 2.37. The summed E-state index contributed by atoms with van der Waals surface area (Å²) in [6, 6.07) is 23.3. The van der Waals surface area contributed by atoms with Crippen LogP contribution in [-0.2, 0) is 5.41 Å². The number of fused-ring (bicyclic) bond motifs is 12. The van der Waals surface area contributed by atoms with Crippen molar-refractivity contribution in [2.75, 3.05) is 0 Å². The van der Waals surface area contributed by atoms with Crippen molar-refractivity contribution in [1.29, 1.82) is 0 Å². The molecule has 0 bridgehead atoms. The quantitative estimate of drug-likeness (QED) is 0.222. The zero-order chi connectivity index (χ0) is 26.3. The van der Waals surface area contributed by atoms with Crippen LogP contribution in [0.25, 0.3) is 54.8 Å². The Hall–Kier alpha value is -4.97. The number of pyridine rings is 3. The molecule has 188 valence electrons.